The molecular formula is C26H22ClF3N4O4S. The maximum absolute atomic E-state index is 13.2. The number of halogens is 4. The summed E-state index contributed by atoms with van der Waals surface area (Å²) in [7, 11) is -3.89. The number of sulfonamides is 1. The predicted octanol–water partition coefficient (Wildman–Crippen LogP) is 4.65. The van der Waals surface area contributed by atoms with Gasteiger partial charge >= 0.3 is 6.18 Å². The second kappa shape index (κ2) is 10.2. The Balaban J connectivity index is 1.23. The summed E-state index contributed by atoms with van der Waals surface area (Å²) in [5.41, 5.74) is 1.25. The number of anilines is 2. The van der Waals surface area contributed by atoms with E-state index in [0.29, 0.717) is 29.7 Å². The van der Waals surface area contributed by atoms with Crippen molar-refractivity contribution in [1.29, 1.82) is 0 Å². The minimum Gasteiger partial charge on any atom is -0.354 e. The maximum atomic E-state index is 13.2. The quantitative estimate of drug-likeness (QED) is 0.443. The summed E-state index contributed by atoms with van der Waals surface area (Å²) in [6.07, 6.45) is -3.49. The highest BCUT2D eigenvalue weighted by atomic mass is 35.5. The lowest BCUT2D eigenvalue weighted by atomic mass is 10.1. The van der Waals surface area contributed by atoms with Crippen LogP contribution in [0.1, 0.15) is 38.3 Å². The Hall–Kier alpha value is -3.48. The number of hydrogen-bond acceptors (Lipinski definition) is 6. The van der Waals surface area contributed by atoms with Crippen LogP contribution in [0.25, 0.3) is 0 Å². The monoisotopic (exact) mass is 578 g/mol. The van der Waals surface area contributed by atoms with Gasteiger partial charge in [-0.05, 0) is 60.5 Å². The Morgan fingerprint density at radius 3 is 2.31 bits per heavy atom. The lowest BCUT2D eigenvalue weighted by Crippen LogP contribution is -2.49. The van der Waals surface area contributed by atoms with Crippen molar-refractivity contribution in [2.75, 3.05) is 36.4 Å². The van der Waals surface area contributed by atoms with Crippen molar-refractivity contribution in [3.63, 3.8) is 0 Å². The number of nitrogens with one attached hydrogen (secondary N) is 1. The molecule has 3 aromatic rings. The summed E-state index contributed by atoms with van der Waals surface area (Å²) >= 11 is 5.78. The molecule has 13 heteroatoms. The SMILES string of the molecule is O=C(Nc1ccc(S(=O)(=O)N2CCN(c3cc(C(F)(F)F)cc(Cl)n3)CC2)cc1)c1ccc2c(c1)C(=O)CC2. The number of benzene rings is 2. The molecule has 0 spiro atoms. The van der Waals surface area contributed by atoms with E-state index in [1.807, 2.05) is 0 Å². The first-order valence-electron chi connectivity index (χ1n) is 12.0. The van der Waals surface area contributed by atoms with Crippen LogP contribution in [0.15, 0.2) is 59.5 Å². The Bertz CT molecular complexity index is 1550. The number of hydrogen-bond donors (Lipinski definition) is 1. The fraction of sp³-hybridized carbons (Fsp3) is 0.269. The molecule has 0 saturated carbocycles. The van der Waals surface area contributed by atoms with Crippen molar-refractivity contribution in [3.8, 4) is 0 Å². The summed E-state index contributed by atoms with van der Waals surface area (Å²) in [6, 6.07) is 12.3. The zero-order valence-corrected chi connectivity index (χ0v) is 21.9. The van der Waals surface area contributed by atoms with Gasteiger partial charge in [0.25, 0.3) is 5.91 Å². The number of rotatable bonds is 5. The van der Waals surface area contributed by atoms with Crippen molar-refractivity contribution in [2.45, 2.75) is 23.9 Å². The van der Waals surface area contributed by atoms with Gasteiger partial charge in [-0.1, -0.05) is 17.7 Å². The third kappa shape index (κ3) is 5.63. The molecule has 2 heterocycles. The number of carbonyl (C=O) groups excluding carboxylic acids is 2. The number of aromatic nitrogens is 1. The van der Waals surface area contributed by atoms with Crippen LogP contribution in [0.5, 0.6) is 0 Å². The van der Waals surface area contributed by atoms with Gasteiger partial charge in [-0.2, -0.15) is 17.5 Å². The number of fused-ring (bicyclic) bond motifs is 1. The molecule has 2 aromatic carbocycles. The Labute approximate surface area is 227 Å². The molecule has 39 heavy (non-hydrogen) atoms. The molecule has 0 radical (unpaired) electrons. The number of Topliss-reactive ketones (excluding diaryl/α,β-unsaturated/α-hetero) is 1. The summed E-state index contributed by atoms with van der Waals surface area (Å²) in [4.78, 5) is 30.2. The van der Waals surface area contributed by atoms with Gasteiger partial charge in [-0.25, -0.2) is 13.4 Å². The highest BCUT2D eigenvalue weighted by molar-refractivity contribution is 7.89. The Morgan fingerprint density at radius 1 is 0.949 bits per heavy atom. The second-order valence-corrected chi connectivity index (χ2v) is 11.5. The van der Waals surface area contributed by atoms with Crippen molar-refractivity contribution < 1.29 is 31.2 Å². The van der Waals surface area contributed by atoms with Gasteiger partial charge in [0, 0.05) is 49.4 Å². The molecule has 1 N–H and O–H groups in total. The summed E-state index contributed by atoms with van der Waals surface area (Å²) in [5, 5.41) is 2.40. The van der Waals surface area contributed by atoms with Crippen molar-refractivity contribution >= 4 is 44.8 Å². The van der Waals surface area contributed by atoms with Crippen molar-refractivity contribution in [3.05, 3.63) is 82.0 Å². The van der Waals surface area contributed by atoms with Crippen LogP contribution in [-0.4, -0.2) is 55.6 Å². The Kier molecular flexibility index (Phi) is 7.12. The highest BCUT2D eigenvalue weighted by Gasteiger charge is 2.34. The number of pyridine rings is 1. The van der Waals surface area contributed by atoms with Gasteiger partial charge in [0.15, 0.2) is 5.78 Å². The van der Waals surface area contributed by atoms with Crippen LogP contribution >= 0.6 is 11.6 Å². The largest absolute Gasteiger partial charge is 0.416 e. The number of amides is 1. The van der Waals surface area contributed by atoms with Crippen LogP contribution in [0.2, 0.25) is 5.15 Å². The first-order valence-corrected chi connectivity index (χ1v) is 13.8. The Morgan fingerprint density at radius 2 is 1.64 bits per heavy atom. The number of ketones is 1. The standard InChI is InChI=1S/C26H22ClF3N4O4S/c27-23-14-18(26(28,29)30)15-24(32-23)33-9-11-34(12-10-33)39(37,38)20-6-4-19(5-7-20)31-25(36)17-2-1-16-3-8-22(35)21(16)13-17/h1-2,4-7,13-15H,3,8-12H2,(H,31,36). The van der Waals surface area contributed by atoms with Gasteiger partial charge in [-0.3, -0.25) is 9.59 Å². The fourth-order valence-corrected chi connectivity index (χ4v) is 6.23. The molecule has 5 rings (SSSR count). The van der Waals surface area contributed by atoms with Crippen LogP contribution in [-0.2, 0) is 22.6 Å². The van der Waals surface area contributed by atoms with Crippen LogP contribution < -0.4 is 10.2 Å². The molecular weight excluding hydrogens is 557 g/mol. The van der Waals surface area contributed by atoms with E-state index in [4.69, 9.17) is 11.6 Å². The molecule has 0 bridgehead atoms. The third-order valence-electron chi connectivity index (χ3n) is 6.71. The summed E-state index contributed by atoms with van der Waals surface area (Å²) in [6.45, 7) is 0.323. The minimum absolute atomic E-state index is 0.00456. The van der Waals surface area contributed by atoms with Gasteiger partial charge in [0.1, 0.15) is 11.0 Å². The van der Waals surface area contributed by atoms with Gasteiger partial charge < -0.3 is 10.2 Å². The van der Waals surface area contributed by atoms with E-state index in [0.717, 1.165) is 17.7 Å². The van der Waals surface area contributed by atoms with Crippen LogP contribution in [0, 0.1) is 0 Å². The number of nitrogens with zero attached hydrogens (tertiary/aromatic N) is 3. The molecule has 8 nitrogen and oxygen atoms in total. The van der Waals surface area contributed by atoms with Crippen molar-refractivity contribution in [1.82, 2.24) is 9.29 Å². The van der Waals surface area contributed by atoms with Gasteiger partial charge in [-0.15, -0.1) is 0 Å². The van der Waals surface area contributed by atoms with E-state index in [1.165, 1.54) is 28.6 Å². The zero-order chi connectivity index (χ0) is 27.9. The fourth-order valence-electron chi connectivity index (χ4n) is 4.61. The molecule has 0 unspecified atom stereocenters. The van der Waals surface area contributed by atoms with E-state index >= 15 is 0 Å². The van der Waals surface area contributed by atoms with E-state index in [2.05, 4.69) is 10.3 Å². The number of aryl methyl sites for hydroxylation is 1. The maximum Gasteiger partial charge on any atom is 0.416 e. The third-order valence-corrected chi connectivity index (χ3v) is 8.82. The molecule has 1 saturated heterocycles. The average Bonchev–Trinajstić information content (AvgIpc) is 3.28. The molecule has 1 aliphatic carbocycles. The molecule has 0 atom stereocenters. The van der Waals surface area contributed by atoms with E-state index in [-0.39, 0.29) is 47.8 Å². The molecule has 1 aliphatic heterocycles. The van der Waals surface area contributed by atoms with Crippen molar-refractivity contribution in [2.24, 2.45) is 0 Å². The number of carbonyl (C=O) groups is 2. The highest BCUT2D eigenvalue weighted by Crippen LogP contribution is 2.33. The smallest absolute Gasteiger partial charge is 0.354 e. The van der Waals surface area contributed by atoms with Gasteiger partial charge in [0.2, 0.25) is 10.0 Å². The molecule has 1 amide bonds. The summed E-state index contributed by atoms with van der Waals surface area (Å²) < 4.78 is 67.0. The first-order chi connectivity index (χ1) is 18.4. The molecule has 204 valence electrons. The number of piperazine rings is 1. The molecule has 1 fully saturated rings. The first kappa shape index (κ1) is 27.1. The zero-order valence-electron chi connectivity index (χ0n) is 20.3. The summed E-state index contributed by atoms with van der Waals surface area (Å²) in [5.74, 6) is -0.392. The normalized spacial score (nSPS) is 16.3. The molecule has 2 aliphatic rings. The van der Waals surface area contributed by atoms with E-state index in [9.17, 15) is 31.2 Å². The second-order valence-electron chi connectivity index (χ2n) is 9.20. The lowest BCUT2D eigenvalue weighted by Gasteiger charge is -2.35. The topological polar surface area (TPSA) is 99.7 Å². The molecule has 1 aromatic heterocycles. The van der Waals surface area contributed by atoms with Gasteiger partial charge in [0.05, 0.1) is 10.5 Å². The van der Waals surface area contributed by atoms with Crippen LogP contribution in [0.3, 0.4) is 0 Å². The average molecular weight is 579 g/mol. The van der Waals surface area contributed by atoms with Crippen LogP contribution in [0.4, 0.5) is 24.7 Å². The number of alkyl halides is 3. The predicted molar refractivity (Wildman–Crippen MR) is 139 cm³/mol. The van der Waals surface area contributed by atoms with E-state index < -0.39 is 27.7 Å². The lowest BCUT2D eigenvalue weighted by molar-refractivity contribution is -0.137. The minimum atomic E-state index is -4.59. The van der Waals surface area contributed by atoms with E-state index in [1.54, 1.807) is 23.1 Å².